The SMILES string of the molecule is OCC1OC(C2(CCc3ccccn3)N=c3ccccc3=N2)C(O)C1O. The molecule has 0 aliphatic carbocycles. The molecule has 136 valence electrons. The number of pyridine rings is 1. The summed E-state index contributed by atoms with van der Waals surface area (Å²) in [7, 11) is 0. The van der Waals surface area contributed by atoms with Gasteiger partial charge in [-0.15, -0.1) is 0 Å². The number of benzene rings is 1. The first-order valence-corrected chi connectivity index (χ1v) is 8.70. The highest BCUT2D eigenvalue weighted by Crippen LogP contribution is 2.36. The lowest BCUT2D eigenvalue weighted by atomic mass is 9.92. The Bertz CT molecular complexity index is 854. The van der Waals surface area contributed by atoms with Gasteiger partial charge in [-0.25, -0.2) is 0 Å². The Labute approximate surface area is 150 Å². The van der Waals surface area contributed by atoms with E-state index in [2.05, 4.69) is 4.98 Å². The van der Waals surface area contributed by atoms with Gasteiger partial charge in [-0.2, -0.15) is 0 Å². The molecule has 26 heavy (non-hydrogen) atoms. The molecule has 3 N–H and O–H groups in total. The van der Waals surface area contributed by atoms with Gasteiger partial charge in [0, 0.05) is 18.3 Å². The van der Waals surface area contributed by atoms with E-state index in [4.69, 9.17) is 14.7 Å². The van der Waals surface area contributed by atoms with Gasteiger partial charge >= 0.3 is 0 Å². The Morgan fingerprint density at radius 3 is 2.23 bits per heavy atom. The van der Waals surface area contributed by atoms with Crippen LogP contribution >= 0.6 is 0 Å². The third kappa shape index (κ3) is 2.93. The zero-order valence-electron chi connectivity index (χ0n) is 14.1. The molecule has 4 atom stereocenters. The average molecular weight is 355 g/mol. The van der Waals surface area contributed by atoms with E-state index in [-0.39, 0.29) is 6.61 Å². The normalized spacial score (nSPS) is 29.0. The number of aliphatic hydroxyl groups is 3. The number of aryl methyl sites for hydroxylation is 1. The van der Waals surface area contributed by atoms with Crippen LogP contribution in [0.1, 0.15) is 12.1 Å². The van der Waals surface area contributed by atoms with Crippen molar-refractivity contribution in [2.24, 2.45) is 9.98 Å². The van der Waals surface area contributed by atoms with E-state index in [9.17, 15) is 15.3 Å². The van der Waals surface area contributed by atoms with E-state index < -0.39 is 30.1 Å². The monoisotopic (exact) mass is 355 g/mol. The van der Waals surface area contributed by atoms with Crippen LogP contribution in [0, 0.1) is 0 Å². The first kappa shape index (κ1) is 17.2. The highest BCUT2D eigenvalue weighted by atomic mass is 16.6. The molecule has 0 saturated carbocycles. The molecular formula is C19H21N3O4. The van der Waals surface area contributed by atoms with Crippen molar-refractivity contribution >= 4 is 0 Å². The number of aromatic nitrogens is 1. The Morgan fingerprint density at radius 2 is 1.65 bits per heavy atom. The molecule has 7 nitrogen and oxygen atoms in total. The molecule has 2 aliphatic heterocycles. The summed E-state index contributed by atoms with van der Waals surface area (Å²) >= 11 is 0. The largest absolute Gasteiger partial charge is 0.394 e. The first-order valence-electron chi connectivity index (χ1n) is 8.70. The van der Waals surface area contributed by atoms with Crippen LogP contribution in [0.3, 0.4) is 0 Å². The molecule has 1 fully saturated rings. The van der Waals surface area contributed by atoms with Gasteiger partial charge in [0.2, 0.25) is 0 Å². The minimum absolute atomic E-state index is 0.377. The maximum Gasteiger partial charge on any atom is 0.180 e. The van der Waals surface area contributed by atoms with Gasteiger partial charge < -0.3 is 20.1 Å². The first-order chi connectivity index (χ1) is 12.6. The molecule has 0 spiro atoms. The number of hydrogen-bond donors (Lipinski definition) is 3. The number of rotatable bonds is 5. The summed E-state index contributed by atoms with van der Waals surface area (Å²) in [4.78, 5) is 13.9. The lowest BCUT2D eigenvalue weighted by Gasteiger charge is -2.31. The second kappa shape index (κ2) is 6.85. The van der Waals surface area contributed by atoms with Crippen LogP contribution in [0.2, 0.25) is 0 Å². The molecule has 0 amide bonds. The zero-order chi connectivity index (χ0) is 18.1. The highest BCUT2D eigenvalue weighted by molar-refractivity contribution is 5.15. The topological polar surface area (TPSA) is 108 Å². The molecule has 2 aliphatic rings. The smallest absolute Gasteiger partial charge is 0.180 e. The summed E-state index contributed by atoms with van der Waals surface area (Å²) in [5.41, 5.74) is -0.175. The second-order valence-corrected chi connectivity index (χ2v) is 6.67. The third-order valence-electron chi connectivity index (χ3n) is 4.98. The molecular weight excluding hydrogens is 334 g/mol. The van der Waals surface area contributed by atoms with Crippen molar-refractivity contribution in [2.75, 3.05) is 6.61 Å². The number of nitrogens with zero attached hydrogens (tertiary/aromatic N) is 3. The Balaban J connectivity index is 1.70. The summed E-state index contributed by atoms with van der Waals surface area (Å²) in [5.74, 6) is 0. The Hall–Kier alpha value is -2.19. The van der Waals surface area contributed by atoms with Crippen molar-refractivity contribution in [1.29, 1.82) is 0 Å². The molecule has 0 bridgehead atoms. The molecule has 0 radical (unpaired) electrons. The summed E-state index contributed by atoms with van der Waals surface area (Å²) in [5, 5.41) is 31.6. The average Bonchev–Trinajstić information content (AvgIpc) is 3.20. The second-order valence-electron chi connectivity index (χ2n) is 6.67. The number of aliphatic hydroxyl groups excluding tert-OH is 3. The van der Waals surface area contributed by atoms with Gasteiger partial charge in [-0.3, -0.25) is 15.0 Å². The fourth-order valence-corrected chi connectivity index (χ4v) is 3.62. The van der Waals surface area contributed by atoms with E-state index >= 15 is 0 Å². The van der Waals surface area contributed by atoms with Gasteiger partial charge in [-0.1, -0.05) is 18.2 Å². The Kier molecular flexibility index (Phi) is 4.54. The lowest BCUT2D eigenvalue weighted by molar-refractivity contribution is -0.0516. The van der Waals surface area contributed by atoms with E-state index in [1.807, 2.05) is 42.5 Å². The van der Waals surface area contributed by atoms with Gasteiger partial charge in [-0.05, 0) is 30.7 Å². The fraction of sp³-hybridized carbons (Fsp3) is 0.421. The van der Waals surface area contributed by atoms with Crippen molar-refractivity contribution in [2.45, 2.75) is 42.9 Å². The quantitative estimate of drug-likeness (QED) is 0.647. The van der Waals surface area contributed by atoms with Crippen LogP contribution < -0.4 is 10.7 Å². The highest BCUT2D eigenvalue weighted by Gasteiger charge is 2.54. The van der Waals surface area contributed by atoms with Crippen LogP contribution in [0.25, 0.3) is 0 Å². The third-order valence-corrected chi connectivity index (χ3v) is 4.98. The molecule has 3 heterocycles. The maximum atomic E-state index is 10.5. The molecule has 2 aromatic rings. The number of fused-ring (bicyclic) bond motifs is 1. The van der Waals surface area contributed by atoms with Crippen LogP contribution in [0.15, 0.2) is 58.6 Å². The van der Waals surface area contributed by atoms with Crippen molar-refractivity contribution < 1.29 is 20.1 Å². The van der Waals surface area contributed by atoms with Crippen LogP contribution in [-0.4, -0.2) is 57.0 Å². The summed E-state index contributed by atoms with van der Waals surface area (Å²) < 4.78 is 5.78. The standard InChI is InChI=1S/C19H21N3O4/c23-11-15-16(24)17(25)18(26-15)19(9-8-12-5-3-4-10-20-12)21-13-6-1-2-7-14(13)22-19/h1-7,10,15-18,23-25H,8-9,11H2. The van der Waals surface area contributed by atoms with Crippen molar-refractivity contribution in [1.82, 2.24) is 4.98 Å². The number of hydrogen-bond acceptors (Lipinski definition) is 7. The maximum absolute atomic E-state index is 10.5. The van der Waals surface area contributed by atoms with E-state index in [1.165, 1.54) is 0 Å². The summed E-state index contributed by atoms with van der Waals surface area (Å²) in [6, 6.07) is 13.2. The Morgan fingerprint density at radius 1 is 0.962 bits per heavy atom. The van der Waals surface area contributed by atoms with E-state index in [1.54, 1.807) is 6.20 Å². The molecule has 1 aromatic heterocycles. The summed E-state index contributed by atoms with van der Waals surface area (Å²) in [6.07, 6.45) is -1.27. The number of ether oxygens (including phenoxy) is 1. The van der Waals surface area contributed by atoms with Crippen LogP contribution in [0.5, 0.6) is 0 Å². The van der Waals surface area contributed by atoms with Crippen molar-refractivity contribution in [3.05, 3.63) is 65.1 Å². The predicted octanol–water partition coefficient (Wildman–Crippen LogP) is -0.855. The molecule has 4 unspecified atom stereocenters. The molecule has 7 heteroatoms. The van der Waals surface area contributed by atoms with Crippen LogP contribution in [-0.2, 0) is 11.2 Å². The fourth-order valence-electron chi connectivity index (χ4n) is 3.62. The van der Waals surface area contributed by atoms with Crippen molar-refractivity contribution in [3.8, 4) is 0 Å². The van der Waals surface area contributed by atoms with E-state index in [0.29, 0.717) is 12.8 Å². The minimum Gasteiger partial charge on any atom is -0.394 e. The molecule has 1 aromatic carbocycles. The molecule has 4 rings (SSSR count). The lowest BCUT2D eigenvalue weighted by Crippen LogP contribution is -2.47. The van der Waals surface area contributed by atoms with Crippen LogP contribution in [0.4, 0.5) is 0 Å². The zero-order valence-corrected chi connectivity index (χ0v) is 14.1. The van der Waals surface area contributed by atoms with Gasteiger partial charge in [0.05, 0.1) is 17.3 Å². The molecule has 1 saturated heterocycles. The van der Waals surface area contributed by atoms with Gasteiger partial charge in [0.1, 0.15) is 24.4 Å². The van der Waals surface area contributed by atoms with Crippen molar-refractivity contribution in [3.63, 3.8) is 0 Å². The minimum atomic E-state index is -1.18. The van der Waals surface area contributed by atoms with Gasteiger partial charge in [0.15, 0.2) is 5.66 Å². The predicted molar refractivity (Wildman–Crippen MR) is 91.8 cm³/mol. The summed E-state index contributed by atoms with van der Waals surface area (Å²) in [6.45, 7) is -0.377. The number of para-hydroxylation sites is 2. The van der Waals surface area contributed by atoms with E-state index in [0.717, 1.165) is 16.4 Å². The van der Waals surface area contributed by atoms with Gasteiger partial charge in [0.25, 0.3) is 0 Å².